The number of amides is 1. The minimum absolute atomic E-state index is 0.0241. The number of nitrogens with one attached hydrogen (secondary N) is 1. The first-order valence-corrected chi connectivity index (χ1v) is 5.60. The Bertz CT molecular complexity index is 508. The fourth-order valence-electron chi connectivity index (χ4n) is 1.37. The van der Waals surface area contributed by atoms with Gasteiger partial charge in [0.25, 0.3) is 5.91 Å². The van der Waals surface area contributed by atoms with E-state index in [0.29, 0.717) is 11.6 Å². The molecule has 0 aliphatic heterocycles. The predicted octanol–water partition coefficient (Wildman–Crippen LogP) is 1.68. The van der Waals surface area contributed by atoms with Crippen molar-refractivity contribution < 1.29 is 13.9 Å². The third-order valence-electron chi connectivity index (χ3n) is 2.22. The maximum atomic E-state index is 11.5. The summed E-state index contributed by atoms with van der Waals surface area (Å²) in [6.45, 7) is 2.05. The number of benzene rings is 1. The Morgan fingerprint density at radius 3 is 2.83 bits per heavy atom. The van der Waals surface area contributed by atoms with Gasteiger partial charge in [0.05, 0.1) is 12.7 Å². The van der Waals surface area contributed by atoms with Gasteiger partial charge in [-0.2, -0.15) is 0 Å². The van der Waals surface area contributed by atoms with Crippen LogP contribution in [0.2, 0.25) is 0 Å². The van der Waals surface area contributed by atoms with Gasteiger partial charge in [-0.05, 0) is 19.1 Å². The van der Waals surface area contributed by atoms with Crippen molar-refractivity contribution in [1.29, 1.82) is 0 Å². The van der Waals surface area contributed by atoms with Gasteiger partial charge in [0, 0.05) is 0 Å². The van der Waals surface area contributed by atoms with E-state index in [1.165, 1.54) is 0 Å². The van der Waals surface area contributed by atoms with Gasteiger partial charge in [-0.1, -0.05) is 18.2 Å². The Morgan fingerprint density at radius 2 is 2.17 bits per heavy atom. The van der Waals surface area contributed by atoms with Gasteiger partial charge in [-0.3, -0.25) is 4.79 Å². The molecule has 18 heavy (non-hydrogen) atoms. The number of aromatic nitrogens is 1. The molecule has 1 aromatic carbocycles. The summed E-state index contributed by atoms with van der Waals surface area (Å²) in [4.78, 5) is 15.5. The van der Waals surface area contributed by atoms with Crippen LogP contribution in [0, 0.1) is 6.92 Å². The molecule has 1 amide bonds. The summed E-state index contributed by atoms with van der Waals surface area (Å²) in [6, 6.07) is 9.18. The molecule has 2 aromatic rings. The quantitative estimate of drug-likeness (QED) is 0.871. The van der Waals surface area contributed by atoms with Crippen molar-refractivity contribution in [3.63, 3.8) is 0 Å². The number of hydrogen-bond acceptors (Lipinski definition) is 4. The Labute approximate surface area is 105 Å². The first-order chi connectivity index (χ1) is 8.74. The van der Waals surface area contributed by atoms with Crippen LogP contribution < -0.4 is 10.1 Å². The monoisotopic (exact) mass is 246 g/mol. The molecule has 0 radical (unpaired) electrons. The lowest BCUT2D eigenvalue weighted by molar-refractivity contribution is -0.123. The van der Waals surface area contributed by atoms with E-state index in [1.54, 1.807) is 25.3 Å². The molecule has 0 bridgehead atoms. The molecule has 0 aliphatic rings. The van der Waals surface area contributed by atoms with Crippen LogP contribution in [0.3, 0.4) is 0 Å². The zero-order chi connectivity index (χ0) is 12.8. The molecule has 0 fully saturated rings. The molecule has 1 N–H and O–H groups in total. The maximum Gasteiger partial charge on any atom is 0.258 e. The van der Waals surface area contributed by atoms with Crippen LogP contribution in [0.4, 0.5) is 0 Å². The van der Waals surface area contributed by atoms with E-state index in [1.807, 2.05) is 18.2 Å². The summed E-state index contributed by atoms with van der Waals surface area (Å²) in [5, 5.41) is 2.66. The summed E-state index contributed by atoms with van der Waals surface area (Å²) >= 11 is 0. The van der Waals surface area contributed by atoms with E-state index in [4.69, 9.17) is 9.15 Å². The average molecular weight is 246 g/mol. The number of oxazole rings is 1. The molecular weight excluding hydrogens is 232 g/mol. The highest BCUT2D eigenvalue weighted by atomic mass is 16.5. The van der Waals surface area contributed by atoms with Crippen LogP contribution in [0.25, 0.3) is 0 Å². The molecule has 0 atom stereocenters. The third kappa shape index (κ3) is 3.62. The van der Waals surface area contributed by atoms with Crippen molar-refractivity contribution >= 4 is 5.91 Å². The van der Waals surface area contributed by atoms with Gasteiger partial charge in [-0.25, -0.2) is 4.98 Å². The Balaban J connectivity index is 1.73. The van der Waals surface area contributed by atoms with Gasteiger partial charge in [0.15, 0.2) is 6.61 Å². The number of hydrogen-bond donors (Lipinski definition) is 1. The molecule has 0 spiro atoms. The normalized spacial score (nSPS) is 10.1. The van der Waals surface area contributed by atoms with Crippen molar-refractivity contribution in [2.45, 2.75) is 13.5 Å². The van der Waals surface area contributed by atoms with Gasteiger partial charge in [0.2, 0.25) is 5.89 Å². The molecule has 2 rings (SSSR count). The topological polar surface area (TPSA) is 64.4 Å². The van der Waals surface area contributed by atoms with E-state index >= 15 is 0 Å². The number of carbonyl (C=O) groups excluding carboxylic acids is 1. The molecule has 5 heteroatoms. The summed E-state index contributed by atoms with van der Waals surface area (Å²) in [5.41, 5.74) is 0. The number of para-hydroxylation sites is 1. The minimum Gasteiger partial charge on any atom is -0.484 e. The Hall–Kier alpha value is -2.30. The first-order valence-electron chi connectivity index (χ1n) is 5.60. The standard InChI is InChI=1S/C13H14N2O3/c1-10-7-15-13(18-10)8-14-12(16)9-17-11-5-3-2-4-6-11/h2-7H,8-9H2,1H3,(H,14,16). The van der Waals surface area contributed by atoms with Gasteiger partial charge >= 0.3 is 0 Å². The molecule has 1 heterocycles. The highest BCUT2D eigenvalue weighted by Crippen LogP contribution is 2.07. The fraction of sp³-hybridized carbons (Fsp3) is 0.231. The second-order valence-electron chi connectivity index (χ2n) is 3.74. The van der Waals surface area contributed by atoms with Crippen LogP contribution in [0.1, 0.15) is 11.7 Å². The number of nitrogens with zero attached hydrogens (tertiary/aromatic N) is 1. The molecule has 0 aliphatic carbocycles. The smallest absolute Gasteiger partial charge is 0.258 e. The summed E-state index contributed by atoms with van der Waals surface area (Å²) in [5.74, 6) is 1.66. The van der Waals surface area contributed by atoms with Crippen molar-refractivity contribution in [2.24, 2.45) is 0 Å². The summed E-state index contributed by atoms with van der Waals surface area (Å²) in [6.07, 6.45) is 1.61. The molecule has 0 unspecified atom stereocenters. The zero-order valence-electron chi connectivity index (χ0n) is 10.1. The second-order valence-corrected chi connectivity index (χ2v) is 3.74. The van der Waals surface area contributed by atoms with Gasteiger partial charge in [-0.15, -0.1) is 0 Å². The third-order valence-corrected chi connectivity index (χ3v) is 2.22. The van der Waals surface area contributed by atoms with Crippen LogP contribution in [0.15, 0.2) is 40.9 Å². The SMILES string of the molecule is Cc1cnc(CNC(=O)COc2ccccc2)o1. The van der Waals surface area contributed by atoms with E-state index in [-0.39, 0.29) is 19.1 Å². The lowest BCUT2D eigenvalue weighted by Gasteiger charge is -2.05. The average Bonchev–Trinajstić information content (AvgIpc) is 2.81. The minimum atomic E-state index is -0.213. The summed E-state index contributed by atoms with van der Waals surface area (Å²) in [7, 11) is 0. The van der Waals surface area contributed by atoms with Crippen LogP contribution in [-0.4, -0.2) is 17.5 Å². The molecule has 0 saturated heterocycles. The van der Waals surface area contributed by atoms with Crippen LogP contribution in [-0.2, 0) is 11.3 Å². The van der Waals surface area contributed by atoms with Crippen molar-refractivity contribution in [3.8, 4) is 5.75 Å². The molecular formula is C13H14N2O3. The van der Waals surface area contributed by atoms with Crippen molar-refractivity contribution in [1.82, 2.24) is 10.3 Å². The van der Waals surface area contributed by atoms with Gasteiger partial charge in [0.1, 0.15) is 11.5 Å². The van der Waals surface area contributed by atoms with Crippen molar-refractivity contribution in [3.05, 3.63) is 48.2 Å². The maximum absolute atomic E-state index is 11.5. The number of aryl methyl sites for hydroxylation is 1. The molecule has 0 saturated carbocycles. The number of ether oxygens (including phenoxy) is 1. The molecule has 94 valence electrons. The van der Waals surface area contributed by atoms with Crippen LogP contribution in [0.5, 0.6) is 5.75 Å². The number of rotatable bonds is 5. The highest BCUT2D eigenvalue weighted by Gasteiger charge is 2.05. The van der Waals surface area contributed by atoms with E-state index in [2.05, 4.69) is 10.3 Å². The number of carbonyl (C=O) groups is 1. The lowest BCUT2D eigenvalue weighted by atomic mass is 10.3. The van der Waals surface area contributed by atoms with E-state index < -0.39 is 0 Å². The van der Waals surface area contributed by atoms with E-state index in [9.17, 15) is 4.79 Å². The highest BCUT2D eigenvalue weighted by molar-refractivity contribution is 5.77. The zero-order valence-corrected chi connectivity index (χ0v) is 10.1. The largest absolute Gasteiger partial charge is 0.484 e. The second kappa shape index (κ2) is 5.86. The van der Waals surface area contributed by atoms with E-state index in [0.717, 1.165) is 5.76 Å². The molecule has 1 aromatic heterocycles. The summed E-state index contributed by atoms with van der Waals surface area (Å²) < 4.78 is 10.5. The molecule has 5 nitrogen and oxygen atoms in total. The lowest BCUT2D eigenvalue weighted by Crippen LogP contribution is -2.28. The Morgan fingerprint density at radius 1 is 1.39 bits per heavy atom. The first kappa shape index (κ1) is 12.2. The predicted molar refractivity (Wildman–Crippen MR) is 65.0 cm³/mol. The Kier molecular flexibility index (Phi) is 3.96. The van der Waals surface area contributed by atoms with Gasteiger partial charge < -0.3 is 14.5 Å². The van der Waals surface area contributed by atoms with Crippen molar-refractivity contribution in [2.75, 3.05) is 6.61 Å². The van der Waals surface area contributed by atoms with Crippen LogP contribution >= 0.6 is 0 Å². The fourth-order valence-corrected chi connectivity index (χ4v) is 1.37.